The Kier molecular flexibility index (Phi) is 8.53. The second kappa shape index (κ2) is 8.37. The van der Waals surface area contributed by atoms with Crippen LogP contribution >= 0.6 is 0 Å². The zero-order valence-electron chi connectivity index (χ0n) is 11.6. The maximum atomic E-state index is 13.1. The summed E-state index contributed by atoms with van der Waals surface area (Å²) >= 11 is 0. The fourth-order valence-corrected chi connectivity index (χ4v) is 0.734. The lowest BCUT2D eigenvalue weighted by atomic mass is 10.2. The molecule has 28 heavy (non-hydrogen) atoms. The van der Waals surface area contributed by atoms with Crippen LogP contribution in [-0.4, -0.2) is 38.8 Å². The Labute approximate surface area is 141 Å². The van der Waals surface area contributed by atoms with Crippen molar-refractivity contribution in [3.05, 3.63) is 12.1 Å². The number of hydrogen-bond donors (Lipinski definition) is 0. The van der Waals surface area contributed by atoms with E-state index in [2.05, 4.69) is 0 Å². The zero-order chi connectivity index (χ0) is 23.6. The van der Waals surface area contributed by atoms with Crippen LogP contribution in [0.5, 0.6) is 0 Å². The molecule has 1 unspecified atom stereocenters. The molecule has 0 bridgehead atoms. The Morgan fingerprint density at radius 3 is 1.18 bits per heavy atom. The molecule has 0 aromatic heterocycles. The van der Waals surface area contributed by atoms with E-state index in [1.165, 1.54) is 4.74 Å². The van der Waals surface area contributed by atoms with E-state index in [4.69, 9.17) is 8.42 Å². The van der Waals surface area contributed by atoms with Crippen molar-refractivity contribution in [1.82, 2.24) is 0 Å². The van der Waals surface area contributed by atoms with Crippen LogP contribution in [0.25, 0.3) is 0 Å². The predicted molar refractivity (Wildman–Crippen MR) is 49.5 cm³/mol. The van der Waals surface area contributed by atoms with E-state index in [9.17, 15) is 69.2 Å². The van der Waals surface area contributed by atoms with Gasteiger partial charge in [0.15, 0.2) is 0 Å². The molecule has 0 aromatic rings. The average molecular weight is 484 g/mol. The van der Waals surface area contributed by atoms with Gasteiger partial charge in [0.25, 0.3) is 0 Å². The summed E-state index contributed by atoms with van der Waals surface area (Å²) in [6.07, 6.45) is -32.7. The largest absolute Gasteiger partial charge is 0.483 e. The molecule has 21 heteroatoms. The fourth-order valence-electron chi connectivity index (χ4n) is 0.734. The lowest BCUT2D eigenvalue weighted by Crippen LogP contribution is -2.62. The molecule has 4 nitrogen and oxygen atoms in total. The molecule has 0 amide bonds. The summed E-state index contributed by atoms with van der Waals surface area (Å²) in [5.74, 6) is -7.34. The van der Waals surface area contributed by atoms with E-state index in [0.29, 0.717) is 0 Å². The van der Waals surface area contributed by atoms with Crippen molar-refractivity contribution in [2.45, 2.75) is 30.4 Å². The third kappa shape index (κ3) is 8.14. The van der Waals surface area contributed by atoms with Gasteiger partial charge in [0.05, 0.1) is 0 Å². The highest BCUT2D eigenvalue weighted by molar-refractivity contribution is 7.81. The molecule has 0 aromatic carbocycles. The number of rotatable bonds is 5. The molecular formula is C7F16O4S. The van der Waals surface area contributed by atoms with Gasteiger partial charge in [-0.15, -0.1) is 0 Å². The Balaban J connectivity index is 0. The van der Waals surface area contributed by atoms with Gasteiger partial charge in [-0.05, 0) is 0 Å². The second-order valence-corrected chi connectivity index (χ2v) is 4.50. The first-order valence-electron chi connectivity index (χ1n) is 5.10. The first-order chi connectivity index (χ1) is 11.8. The lowest BCUT2D eigenvalue weighted by Gasteiger charge is -2.35. The zero-order valence-corrected chi connectivity index (χ0v) is 12.4. The van der Waals surface area contributed by atoms with E-state index < -0.39 is 53.1 Å². The van der Waals surface area contributed by atoms with Crippen molar-refractivity contribution in [2.24, 2.45) is 0 Å². The highest BCUT2D eigenvalue weighted by Crippen LogP contribution is 2.52. The minimum absolute atomic E-state index is 1.44. The predicted octanol–water partition coefficient (Wildman–Crippen LogP) is 5.20. The van der Waals surface area contributed by atoms with Gasteiger partial charge in [-0.1, -0.05) is 7.77 Å². The quantitative estimate of drug-likeness (QED) is 0.306. The summed E-state index contributed by atoms with van der Waals surface area (Å²) in [4.78, 5) is 0. The van der Waals surface area contributed by atoms with Crippen molar-refractivity contribution in [3.8, 4) is 0 Å². The number of hydrogen-bond acceptors (Lipinski definition) is 4. The molecule has 0 N–H and O–H groups in total. The average Bonchev–Trinajstić information content (AvgIpc) is 2.32. The van der Waals surface area contributed by atoms with Crippen molar-refractivity contribution < 1.29 is 87.1 Å². The maximum Gasteiger partial charge on any atom is 0.483 e. The molecule has 0 spiro atoms. The van der Waals surface area contributed by atoms with Crippen molar-refractivity contribution in [2.75, 3.05) is 0 Å². The summed E-state index contributed by atoms with van der Waals surface area (Å²) in [6.45, 7) is 0. The maximum absolute atomic E-state index is 13.1. The number of ether oxygens (including phenoxy) is 2. The lowest BCUT2D eigenvalue weighted by molar-refractivity contribution is -0.526. The van der Waals surface area contributed by atoms with Gasteiger partial charge in [0.1, 0.15) is 0 Å². The summed E-state index contributed by atoms with van der Waals surface area (Å²) in [5.41, 5.74) is 0. The molecule has 0 saturated heterocycles. The summed E-state index contributed by atoms with van der Waals surface area (Å²) < 4.78 is 209. The van der Waals surface area contributed by atoms with Crippen LogP contribution in [0.4, 0.5) is 69.2 Å². The highest BCUT2D eigenvalue weighted by Gasteiger charge is 2.81. The van der Waals surface area contributed by atoms with Crippen LogP contribution in [0.3, 0.4) is 0 Å². The summed E-state index contributed by atoms with van der Waals surface area (Å²) in [7, 11) is -5.67. The minimum atomic E-state index is -7.39. The van der Waals surface area contributed by atoms with Crippen LogP contribution in [0.2, 0.25) is 0 Å². The summed E-state index contributed by atoms with van der Waals surface area (Å²) in [6, 6.07) is -3.87. The molecule has 0 aliphatic heterocycles. The third-order valence-corrected chi connectivity index (χ3v) is 1.70. The Morgan fingerprint density at radius 1 is 0.643 bits per heavy atom. The normalized spacial score (nSPS) is 15.9. The SMILES string of the molecule is FC(F)=C(F)OC(F)(F)C(F)(OC(F)(F)C(F)(F)F)C(F)(F)F.O=S(=O)(F)F. The van der Waals surface area contributed by atoms with Crippen LogP contribution in [0.15, 0.2) is 12.1 Å². The first kappa shape index (κ1) is 28.5. The topological polar surface area (TPSA) is 52.6 Å². The van der Waals surface area contributed by atoms with Crippen molar-refractivity contribution >= 4 is 10.6 Å². The Hall–Kier alpha value is -1.67. The van der Waals surface area contributed by atoms with Gasteiger partial charge in [-0.2, -0.15) is 69.9 Å². The van der Waals surface area contributed by atoms with E-state index >= 15 is 0 Å². The van der Waals surface area contributed by atoms with Crippen LogP contribution in [-0.2, 0) is 20.1 Å². The van der Waals surface area contributed by atoms with Gasteiger partial charge in [0, 0.05) is 0 Å². The molecule has 0 saturated carbocycles. The van der Waals surface area contributed by atoms with Crippen LogP contribution in [0, 0.1) is 0 Å². The molecular weight excluding hydrogens is 484 g/mol. The fraction of sp³-hybridized carbons (Fsp3) is 0.714. The molecule has 0 rings (SSSR count). The molecule has 170 valence electrons. The van der Waals surface area contributed by atoms with Gasteiger partial charge < -0.3 is 4.74 Å². The van der Waals surface area contributed by atoms with E-state index in [1.807, 2.05) is 4.74 Å². The molecule has 0 aliphatic carbocycles. The van der Waals surface area contributed by atoms with Crippen molar-refractivity contribution in [3.63, 3.8) is 0 Å². The highest BCUT2D eigenvalue weighted by atomic mass is 32.3. The van der Waals surface area contributed by atoms with Crippen molar-refractivity contribution in [1.29, 1.82) is 0 Å². The molecule has 0 radical (unpaired) electrons. The smallest absolute Gasteiger partial charge is 0.398 e. The molecule has 0 heterocycles. The number of alkyl halides is 11. The van der Waals surface area contributed by atoms with Gasteiger partial charge in [-0.3, -0.25) is 4.74 Å². The second-order valence-electron chi connectivity index (χ2n) is 3.74. The Bertz CT molecular complexity index is 649. The van der Waals surface area contributed by atoms with E-state index in [0.717, 1.165) is 0 Å². The summed E-state index contributed by atoms with van der Waals surface area (Å²) in [5, 5.41) is 0. The standard InChI is InChI=1S/C7F14O2.F2O2S/c8-1(9)2(10)22-6(18,19)3(11,4(12,13)14)23-7(20,21)5(15,16)17;1-5(2,3)4. The monoisotopic (exact) mass is 484 g/mol. The van der Waals surface area contributed by atoms with Gasteiger partial charge >= 0.3 is 53.1 Å². The third-order valence-electron chi connectivity index (χ3n) is 1.70. The Morgan fingerprint density at radius 2 is 0.964 bits per heavy atom. The van der Waals surface area contributed by atoms with Crippen LogP contribution < -0.4 is 0 Å². The first-order valence-corrected chi connectivity index (χ1v) is 6.39. The molecule has 0 fully saturated rings. The van der Waals surface area contributed by atoms with Crippen LogP contribution in [0.1, 0.15) is 0 Å². The van der Waals surface area contributed by atoms with E-state index in [-0.39, 0.29) is 0 Å². The molecule has 1 atom stereocenters. The number of halogens is 16. The molecule has 0 aliphatic rings. The van der Waals surface area contributed by atoms with Gasteiger partial charge in [0.2, 0.25) is 0 Å². The van der Waals surface area contributed by atoms with E-state index in [1.54, 1.807) is 0 Å². The minimum Gasteiger partial charge on any atom is -0.398 e. The van der Waals surface area contributed by atoms with Gasteiger partial charge in [-0.25, -0.2) is 0 Å².